The maximum absolute atomic E-state index is 13.7. The third-order valence-electron chi connectivity index (χ3n) is 15.3. The molecule has 4 N–H and O–H groups in total. The van der Waals surface area contributed by atoms with Gasteiger partial charge in [0.05, 0.1) is 23.6 Å². The molecule has 19 nitrogen and oxygen atoms in total. The molecule has 0 bridgehead atoms. The van der Waals surface area contributed by atoms with Crippen LogP contribution >= 0.6 is 0 Å². The highest BCUT2D eigenvalue weighted by Gasteiger charge is 2.53. The number of likely N-dealkylation sites (N-methyl/N-ethyl adjacent to an activating group) is 1. The number of benzene rings is 2. The Bertz CT molecular complexity index is 2680. The minimum absolute atomic E-state index is 0.0285. The second-order valence-corrected chi connectivity index (χ2v) is 26.0. The zero-order valence-electron chi connectivity index (χ0n) is 43.1. The van der Waals surface area contributed by atoms with E-state index >= 15 is 0 Å². The Kier molecular flexibility index (Phi) is 17.0. The van der Waals surface area contributed by atoms with Crippen LogP contribution in [-0.4, -0.2) is 138 Å². The summed E-state index contributed by atoms with van der Waals surface area (Å²) in [5.41, 5.74) is 3.75. The topological polar surface area (TPSA) is 255 Å². The predicted octanol–water partition coefficient (Wildman–Crippen LogP) is 3.90. The molecule has 2 aromatic carbocycles. The maximum Gasteiger partial charge on any atom is 0.410 e. The standard InChI is InChI=1S/C28H40N4O7S.C24H33N3O5S/c1-17(31(5)27(36)39-28(2,3)4)24(33)30-21-15-16-40(37,38)23-14-13-22(32(23)26(21)35)25(34)29-20-12-8-10-18-9-6-7-11-19(18)20;1-3-15(2)22(28)26-19-13-14-33(31,32)21-12-11-20(27(21)24(19)30)23(29)25-18-10-6-8-16-7-4-5-9-17(16)18/h6-7,9,11,17,20-23H,8,10,12-16H2,1-5H3,(H,29,34)(H,30,33);4-5,7,9,15,18-21H,3,6,8,10-14H2,1-2H3,(H,25,29)(H,26,28)/t17-,20+,21-,22-,23-;15-,18-,19+,20-,21+/m01/s1. The fourth-order valence-corrected chi connectivity index (χ4v) is 14.7. The Morgan fingerprint density at radius 3 is 1.48 bits per heavy atom. The van der Waals surface area contributed by atoms with E-state index in [1.165, 1.54) is 34.9 Å². The Labute approximate surface area is 429 Å². The van der Waals surface area contributed by atoms with Crippen LogP contribution in [0.2, 0.25) is 0 Å². The van der Waals surface area contributed by atoms with E-state index in [4.69, 9.17) is 4.74 Å². The molecular formula is C52H73N7O12S2. The van der Waals surface area contributed by atoms with Gasteiger partial charge in [-0.25, -0.2) is 21.6 Å². The number of amides is 7. The minimum Gasteiger partial charge on any atom is -0.444 e. The predicted molar refractivity (Wildman–Crippen MR) is 271 cm³/mol. The van der Waals surface area contributed by atoms with Crippen LogP contribution in [0.5, 0.6) is 0 Å². The van der Waals surface area contributed by atoms with Crippen LogP contribution in [0.15, 0.2) is 48.5 Å². The molecule has 2 aromatic rings. The van der Waals surface area contributed by atoms with Crippen LogP contribution < -0.4 is 21.3 Å². The van der Waals surface area contributed by atoms with Gasteiger partial charge in [0.25, 0.3) is 0 Å². The second kappa shape index (κ2) is 22.5. The van der Waals surface area contributed by atoms with Crippen LogP contribution in [0.1, 0.15) is 147 Å². The Morgan fingerprint density at radius 1 is 0.630 bits per heavy atom. The van der Waals surface area contributed by atoms with Crippen LogP contribution in [0.4, 0.5) is 4.79 Å². The molecule has 73 heavy (non-hydrogen) atoms. The average Bonchev–Trinajstić information content (AvgIpc) is 3.99. The lowest BCUT2D eigenvalue weighted by Gasteiger charge is -2.33. The highest BCUT2D eigenvalue weighted by molar-refractivity contribution is 7.92. The Balaban J connectivity index is 0.000000218. The molecule has 400 valence electrons. The van der Waals surface area contributed by atoms with E-state index in [9.17, 15) is 50.4 Å². The molecule has 4 saturated heterocycles. The van der Waals surface area contributed by atoms with Gasteiger partial charge in [0, 0.05) is 13.0 Å². The number of hydrogen-bond donors (Lipinski definition) is 4. The van der Waals surface area contributed by atoms with Crippen molar-refractivity contribution >= 4 is 61.2 Å². The molecule has 21 heteroatoms. The molecular weight excluding hydrogens is 979 g/mol. The number of carbonyl (C=O) groups excluding carboxylic acids is 7. The molecule has 7 amide bonds. The highest BCUT2D eigenvalue weighted by atomic mass is 32.2. The summed E-state index contributed by atoms with van der Waals surface area (Å²) in [6.45, 7) is 10.3. The van der Waals surface area contributed by atoms with Gasteiger partial charge in [-0.3, -0.25) is 33.7 Å². The summed E-state index contributed by atoms with van der Waals surface area (Å²) in [6, 6.07) is 10.7. The molecule has 0 radical (unpaired) electrons. The molecule has 0 unspecified atom stereocenters. The number of rotatable bonds is 10. The van der Waals surface area contributed by atoms with Gasteiger partial charge in [-0.15, -0.1) is 0 Å². The summed E-state index contributed by atoms with van der Waals surface area (Å²) in [5, 5.41) is 9.40. The lowest BCUT2D eigenvalue weighted by Crippen LogP contribution is -2.57. The van der Waals surface area contributed by atoms with Crippen molar-refractivity contribution in [2.75, 3.05) is 18.6 Å². The molecule has 6 aliphatic rings. The summed E-state index contributed by atoms with van der Waals surface area (Å²) in [4.78, 5) is 95.5. The van der Waals surface area contributed by atoms with Gasteiger partial charge in [0.15, 0.2) is 19.7 Å². The van der Waals surface area contributed by atoms with Crippen LogP contribution in [0.25, 0.3) is 0 Å². The molecule has 4 fully saturated rings. The number of ether oxygens (including phenoxy) is 1. The van der Waals surface area contributed by atoms with E-state index in [2.05, 4.69) is 27.3 Å². The Morgan fingerprint density at radius 2 is 1.05 bits per heavy atom. The summed E-state index contributed by atoms with van der Waals surface area (Å²) < 4.78 is 57.5. The molecule has 0 aromatic heterocycles. The lowest BCUT2D eigenvalue weighted by molar-refractivity contribution is -0.142. The van der Waals surface area contributed by atoms with E-state index in [1.807, 2.05) is 49.4 Å². The van der Waals surface area contributed by atoms with E-state index in [0.717, 1.165) is 54.6 Å². The molecule has 0 saturated carbocycles. The van der Waals surface area contributed by atoms with E-state index in [0.29, 0.717) is 12.8 Å². The van der Waals surface area contributed by atoms with Crippen molar-refractivity contribution in [2.24, 2.45) is 5.92 Å². The van der Waals surface area contributed by atoms with Gasteiger partial charge in [0.1, 0.15) is 46.6 Å². The highest BCUT2D eigenvalue weighted by Crippen LogP contribution is 2.37. The summed E-state index contributed by atoms with van der Waals surface area (Å²) >= 11 is 0. The van der Waals surface area contributed by atoms with Gasteiger partial charge in [-0.05, 0) is 133 Å². The van der Waals surface area contributed by atoms with Crippen molar-refractivity contribution in [2.45, 2.75) is 184 Å². The smallest absolute Gasteiger partial charge is 0.410 e. The summed E-state index contributed by atoms with van der Waals surface area (Å²) in [7, 11) is -5.91. The van der Waals surface area contributed by atoms with E-state index in [1.54, 1.807) is 27.7 Å². The normalized spacial score (nSPS) is 27.8. The number of carbonyl (C=O) groups is 7. The van der Waals surface area contributed by atoms with Crippen molar-refractivity contribution in [3.63, 3.8) is 0 Å². The number of fused-ring (bicyclic) bond motifs is 4. The monoisotopic (exact) mass is 1050 g/mol. The largest absolute Gasteiger partial charge is 0.444 e. The molecule has 10 atom stereocenters. The number of nitrogens with one attached hydrogen (secondary N) is 4. The zero-order chi connectivity index (χ0) is 53.2. The molecule has 0 spiro atoms. The van der Waals surface area contributed by atoms with Crippen molar-refractivity contribution < 1.29 is 55.1 Å². The quantitative estimate of drug-likeness (QED) is 0.264. The summed E-state index contributed by atoms with van der Waals surface area (Å²) in [6.07, 6.45) is 6.05. The Hall–Kier alpha value is -5.57. The molecule has 8 rings (SSSR count). The van der Waals surface area contributed by atoms with Crippen molar-refractivity contribution in [3.8, 4) is 0 Å². The first-order valence-corrected chi connectivity index (χ1v) is 29.3. The first kappa shape index (κ1) is 55.2. The number of hydrogen-bond acceptors (Lipinski definition) is 12. The average molecular weight is 1050 g/mol. The minimum atomic E-state index is -3.73. The van der Waals surface area contributed by atoms with Gasteiger partial charge >= 0.3 is 6.09 Å². The fraction of sp³-hybridized carbons (Fsp3) is 0.635. The van der Waals surface area contributed by atoms with Gasteiger partial charge in [-0.2, -0.15) is 0 Å². The lowest BCUT2D eigenvalue weighted by atomic mass is 9.87. The summed E-state index contributed by atoms with van der Waals surface area (Å²) in [5.74, 6) is -3.45. The third-order valence-corrected chi connectivity index (χ3v) is 19.5. The van der Waals surface area contributed by atoms with Gasteiger partial charge < -0.3 is 35.8 Å². The van der Waals surface area contributed by atoms with Crippen LogP contribution in [-0.2, 0) is 66.0 Å². The zero-order valence-corrected chi connectivity index (χ0v) is 44.7. The van der Waals surface area contributed by atoms with E-state index < -0.39 is 96.0 Å². The molecule has 2 aliphatic carbocycles. The number of sulfone groups is 2. The van der Waals surface area contributed by atoms with Gasteiger partial charge in [-0.1, -0.05) is 62.4 Å². The molecule has 4 aliphatic heterocycles. The second-order valence-electron chi connectivity index (χ2n) is 21.4. The first-order chi connectivity index (χ1) is 34.4. The van der Waals surface area contributed by atoms with Crippen molar-refractivity contribution in [1.29, 1.82) is 0 Å². The van der Waals surface area contributed by atoms with E-state index in [-0.39, 0.29) is 73.4 Å². The van der Waals surface area contributed by atoms with Crippen LogP contribution in [0, 0.1) is 5.92 Å². The fourth-order valence-electron chi connectivity index (χ4n) is 10.9. The van der Waals surface area contributed by atoms with Crippen LogP contribution in [0.3, 0.4) is 0 Å². The van der Waals surface area contributed by atoms with Crippen molar-refractivity contribution in [1.82, 2.24) is 36.0 Å². The third kappa shape index (κ3) is 12.3. The SMILES string of the molecule is CC[C@@H](C)C(=O)N[C@H]1CCS(=O)(=O)[C@H]2CC[C@H](C(=O)N[C@@H]3CCCc4ccccc43)N2C1=O.C[C@@H](C(=O)N[C@H]1CCS(=O)(=O)[C@H]2CC[C@@H](C(=O)N[C@@H]3CCCc4ccccc43)N2C1=O)N(C)C(=O)OC(C)(C)C. The molecule has 4 heterocycles. The first-order valence-electron chi connectivity index (χ1n) is 25.8. The maximum atomic E-state index is 13.7. The van der Waals surface area contributed by atoms with Crippen molar-refractivity contribution in [3.05, 3.63) is 70.8 Å². The number of nitrogens with zero attached hydrogens (tertiary/aromatic N) is 3. The number of aryl methyl sites for hydroxylation is 2. The van der Waals surface area contributed by atoms with Gasteiger partial charge in [0.2, 0.25) is 35.4 Å².